The van der Waals surface area contributed by atoms with Crippen LogP contribution in [0.3, 0.4) is 0 Å². The first kappa shape index (κ1) is 11.4. The Labute approximate surface area is 92.5 Å². The molecule has 0 bridgehead atoms. The van der Waals surface area contributed by atoms with Crippen LogP contribution >= 0.6 is 0 Å². The molecule has 0 aromatic heterocycles. The second-order valence-electron chi connectivity index (χ2n) is 4.78. The van der Waals surface area contributed by atoms with Gasteiger partial charge in [-0.15, -0.1) is 0 Å². The Bertz CT molecular complexity index is 192. The van der Waals surface area contributed by atoms with Crippen molar-refractivity contribution >= 4 is 0 Å². The van der Waals surface area contributed by atoms with Gasteiger partial charge in [0, 0.05) is 25.8 Å². The molecule has 15 heavy (non-hydrogen) atoms. The van der Waals surface area contributed by atoms with Crippen molar-refractivity contribution in [1.82, 2.24) is 5.32 Å². The fraction of sp³-hybridized carbons (Fsp3) is 1.00. The Morgan fingerprint density at radius 1 is 1.07 bits per heavy atom. The SMILES string of the molecule is CCOC1CC(NC2CCC(OC)C2)C1. The molecule has 0 saturated heterocycles. The molecule has 0 aromatic rings. The van der Waals surface area contributed by atoms with Crippen molar-refractivity contribution in [3.05, 3.63) is 0 Å². The first-order chi connectivity index (χ1) is 7.31. The van der Waals surface area contributed by atoms with E-state index in [0.717, 1.165) is 6.61 Å². The van der Waals surface area contributed by atoms with Gasteiger partial charge in [-0.25, -0.2) is 0 Å². The predicted octanol–water partition coefficient (Wildman–Crippen LogP) is 1.71. The summed E-state index contributed by atoms with van der Waals surface area (Å²) in [5, 5.41) is 3.71. The van der Waals surface area contributed by atoms with E-state index in [1.165, 1.54) is 32.1 Å². The highest BCUT2D eigenvalue weighted by molar-refractivity contribution is 4.91. The van der Waals surface area contributed by atoms with Crippen LogP contribution in [0.5, 0.6) is 0 Å². The quantitative estimate of drug-likeness (QED) is 0.754. The Balaban J connectivity index is 1.59. The second kappa shape index (κ2) is 5.28. The fourth-order valence-corrected chi connectivity index (χ4v) is 2.71. The molecule has 2 atom stereocenters. The van der Waals surface area contributed by atoms with Gasteiger partial charge in [0.2, 0.25) is 0 Å². The van der Waals surface area contributed by atoms with Gasteiger partial charge in [-0.3, -0.25) is 0 Å². The third-order valence-electron chi connectivity index (χ3n) is 3.69. The second-order valence-corrected chi connectivity index (χ2v) is 4.78. The standard InChI is InChI=1S/C12H23NO2/c1-3-15-12-7-10(8-12)13-9-4-5-11(6-9)14-2/h9-13H,3-8H2,1-2H3. The van der Waals surface area contributed by atoms with Crippen LogP contribution < -0.4 is 5.32 Å². The van der Waals surface area contributed by atoms with E-state index in [-0.39, 0.29) is 0 Å². The van der Waals surface area contributed by atoms with Crippen LogP contribution in [0, 0.1) is 0 Å². The van der Waals surface area contributed by atoms with Crippen molar-refractivity contribution in [1.29, 1.82) is 0 Å². The molecule has 0 radical (unpaired) electrons. The molecular formula is C12H23NO2. The summed E-state index contributed by atoms with van der Waals surface area (Å²) in [6.45, 7) is 2.92. The van der Waals surface area contributed by atoms with E-state index in [1.807, 2.05) is 7.11 Å². The summed E-state index contributed by atoms with van der Waals surface area (Å²) < 4.78 is 10.9. The molecule has 0 amide bonds. The summed E-state index contributed by atoms with van der Waals surface area (Å²) in [6, 6.07) is 1.38. The van der Waals surface area contributed by atoms with Crippen molar-refractivity contribution in [2.24, 2.45) is 0 Å². The van der Waals surface area contributed by atoms with Crippen LogP contribution in [0.1, 0.15) is 39.0 Å². The first-order valence-corrected chi connectivity index (χ1v) is 6.22. The zero-order valence-electron chi connectivity index (χ0n) is 9.87. The molecular weight excluding hydrogens is 190 g/mol. The predicted molar refractivity (Wildman–Crippen MR) is 60.0 cm³/mol. The Kier molecular flexibility index (Phi) is 4.00. The van der Waals surface area contributed by atoms with E-state index in [2.05, 4.69) is 12.2 Å². The van der Waals surface area contributed by atoms with Crippen LogP contribution in [0.4, 0.5) is 0 Å². The van der Waals surface area contributed by atoms with Gasteiger partial charge in [0.1, 0.15) is 0 Å². The van der Waals surface area contributed by atoms with Crippen molar-refractivity contribution in [2.75, 3.05) is 13.7 Å². The zero-order chi connectivity index (χ0) is 10.7. The lowest BCUT2D eigenvalue weighted by Gasteiger charge is -2.37. The summed E-state index contributed by atoms with van der Waals surface area (Å²) in [4.78, 5) is 0. The highest BCUT2D eigenvalue weighted by Gasteiger charge is 2.33. The molecule has 2 saturated carbocycles. The Morgan fingerprint density at radius 2 is 1.80 bits per heavy atom. The number of hydrogen-bond acceptors (Lipinski definition) is 3. The van der Waals surface area contributed by atoms with E-state index >= 15 is 0 Å². The summed E-state index contributed by atoms with van der Waals surface area (Å²) in [7, 11) is 1.82. The van der Waals surface area contributed by atoms with Gasteiger partial charge in [-0.1, -0.05) is 0 Å². The number of hydrogen-bond donors (Lipinski definition) is 1. The monoisotopic (exact) mass is 213 g/mol. The van der Waals surface area contributed by atoms with Crippen LogP contribution in [0.15, 0.2) is 0 Å². The van der Waals surface area contributed by atoms with Crippen molar-refractivity contribution in [2.45, 2.75) is 63.3 Å². The summed E-state index contributed by atoms with van der Waals surface area (Å²) in [5.41, 5.74) is 0. The summed E-state index contributed by atoms with van der Waals surface area (Å²) >= 11 is 0. The van der Waals surface area contributed by atoms with Crippen LogP contribution in [0.25, 0.3) is 0 Å². The average molecular weight is 213 g/mol. The average Bonchev–Trinajstić information content (AvgIpc) is 2.62. The van der Waals surface area contributed by atoms with E-state index < -0.39 is 0 Å². The smallest absolute Gasteiger partial charge is 0.0604 e. The van der Waals surface area contributed by atoms with E-state index in [1.54, 1.807) is 0 Å². The van der Waals surface area contributed by atoms with E-state index in [9.17, 15) is 0 Å². The molecule has 0 heterocycles. The third-order valence-corrected chi connectivity index (χ3v) is 3.69. The summed E-state index contributed by atoms with van der Waals surface area (Å²) in [5.74, 6) is 0. The molecule has 0 spiro atoms. The zero-order valence-corrected chi connectivity index (χ0v) is 9.87. The van der Waals surface area contributed by atoms with Crippen molar-refractivity contribution in [3.8, 4) is 0 Å². The molecule has 2 aliphatic carbocycles. The van der Waals surface area contributed by atoms with Crippen molar-refractivity contribution < 1.29 is 9.47 Å². The minimum atomic E-state index is 0.491. The normalized spacial score (nSPS) is 40.4. The van der Waals surface area contributed by atoms with Gasteiger partial charge in [0.25, 0.3) is 0 Å². The van der Waals surface area contributed by atoms with E-state index in [0.29, 0.717) is 24.3 Å². The lowest BCUT2D eigenvalue weighted by atomic mass is 9.88. The largest absolute Gasteiger partial charge is 0.381 e. The number of rotatable bonds is 5. The number of methoxy groups -OCH3 is 1. The molecule has 2 aliphatic rings. The van der Waals surface area contributed by atoms with Gasteiger partial charge < -0.3 is 14.8 Å². The van der Waals surface area contributed by atoms with Gasteiger partial charge >= 0.3 is 0 Å². The van der Waals surface area contributed by atoms with E-state index in [4.69, 9.17) is 9.47 Å². The lowest BCUT2D eigenvalue weighted by molar-refractivity contribution is -0.0126. The van der Waals surface area contributed by atoms with Crippen LogP contribution in [-0.4, -0.2) is 38.0 Å². The minimum absolute atomic E-state index is 0.491. The third kappa shape index (κ3) is 2.92. The number of ether oxygens (including phenoxy) is 2. The molecule has 1 N–H and O–H groups in total. The molecule has 3 nitrogen and oxygen atoms in total. The molecule has 2 fully saturated rings. The maximum absolute atomic E-state index is 5.55. The summed E-state index contributed by atoms with van der Waals surface area (Å²) in [6.07, 6.45) is 7.08. The molecule has 2 rings (SSSR count). The molecule has 2 unspecified atom stereocenters. The maximum Gasteiger partial charge on any atom is 0.0604 e. The van der Waals surface area contributed by atoms with Gasteiger partial charge in [0.05, 0.1) is 12.2 Å². The van der Waals surface area contributed by atoms with Crippen molar-refractivity contribution in [3.63, 3.8) is 0 Å². The highest BCUT2D eigenvalue weighted by atomic mass is 16.5. The Hall–Kier alpha value is -0.120. The molecule has 3 heteroatoms. The fourth-order valence-electron chi connectivity index (χ4n) is 2.71. The number of nitrogens with one attached hydrogen (secondary N) is 1. The van der Waals surface area contributed by atoms with Gasteiger partial charge in [-0.2, -0.15) is 0 Å². The molecule has 88 valence electrons. The van der Waals surface area contributed by atoms with Crippen LogP contribution in [0.2, 0.25) is 0 Å². The minimum Gasteiger partial charge on any atom is -0.381 e. The van der Waals surface area contributed by atoms with Gasteiger partial charge in [0.15, 0.2) is 0 Å². The lowest BCUT2D eigenvalue weighted by Crippen LogP contribution is -2.48. The maximum atomic E-state index is 5.55. The topological polar surface area (TPSA) is 30.5 Å². The van der Waals surface area contributed by atoms with Crippen LogP contribution in [-0.2, 0) is 9.47 Å². The molecule has 0 aliphatic heterocycles. The molecule has 0 aromatic carbocycles. The first-order valence-electron chi connectivity index (χ1n) is 6.22. The van der Waals surface area contributed by atoms with Gasteiger partial charge in [-0.05, 0) is 39.0 Å². The Morgan fingerprint density at radius 3 is 2.40 bits per heavy atom. The highest BCUT2D eigenvalue weighted by Crippen LogP contribution is 2.27.